The van der Waals surface area contributed by atoms with Crippen molar-refractivity contribution in [2.75, 3.05) is 0 Å². The fourth-order valence-electron chi connectivity index (χ4n) is 0.932. The van der Waals surface area contributed by atoms with Crippen molar-refractivity contribution >= 4 is 31.9 Å². The first-order valence-corrected chi connectivity index (χ1v) is 4.79. The Morgan fingerprint density at radius 1 is 1.36 bits per heavy atom. The summed E-state index contributed by atoms with van der Waals surface area (Å²) in [6.45, 7) is 2.06. The second-order valence-corrected chi connectivity index (χ2v) is 4.11. The summed E-state index contributed by atoms with van der Waals surface area (Å²) in [7, 11) is 0. The van der Waals surface area contributed by atoms with Crippen molar-refractivity contribution in [3.8, 4) is 0 Å². The third-order valence-electron chi connectivity index (χ3n) is 1.54. The molecule has 0 atom stereocenters. The monoisotopic (exact) mass is 278 g/mol. The number of hydrogen-bond donors (Lipinski definition) is 1. The zero-order valence-electron chi connectivity index (χ0n) is 6.06. The number of aryl methyl sites for hydroxylation is 1. The lowest BCUT2D eigenvalue weighted by atomic mass is 10.1. The highest BCUT2D eigenvalue weighted by molar-refractivity contribution is 9.11. The first-order valence-electron chi connectivity index (χ1n) is 3.20. The Hall–Kier alpha value is 0.140. The van der Waals surface area contributed by atoms with Crippen LogP contribution in [0.1, 0.15) is 11.1 Å². The van der Waals surface area contributed by atoms with Gasteiger partial charge in [0.15, 0.2) is 0 Å². The zero-order chi connectivity index (χ0) is 8.43. The van der Waals surface area contributed by atoms with Crippen LogP contribution in [0.15, 0.2) is 21.1 Å². The summed E-state index contributed by atoms with van der Waals surface area (Å²) in [6.07, 6.45) is 0. The number of benzene rings is 1. The number of rotatable bonds is 1. The van der Waals surface area contributed by atoms with Gasteiger partial charge in [-0.25, -0.2) is 0 Å². The summed E-state index contributed by atoms with van der Waals surface area (Å²) in [4.78, 5) is 0. The molecule has 0 saturated heterocycles. The number of aliphatic hydroxyl groups excluding tert-OH is 1. The van der Waals surface area contributed by atoms with Crippen molar-refractivity contribution in [2.45, 2.75) is 13.5 Å². The van der Waals surface area contributed by atoms with Gasteiger partial charge < -0.3 is 5.11 Å². The standard InChI is InChI=1S/C8H8Br2O/c1-5-2-6(9)3-8(10)7(5)4-11/h2-3,11H,4H2,1H3. The summed E-state index contributed by atoms with van der Waals surface area (Å²) in [5.74, 6) is 0. The molecule has 0 amide bonds. The molecule has 0 radical (unpaired) electrons. The zero-order valence-corrected chi connectivity index (χ0v) is 9.24. The van der Waals surface area contributed by atoms with Gasteiger partial charge in [-0.1, -0.05) is 31.9 Å². The first kappa shape index (κ1) is 9.23. The lowest BCUT2D eigenvalue weighted by molar-refractivity contribution is 0.280. The molecule has 0 heterocycles. The highest BCUT2D eigenvalue weighted by atomic mass is 79.9. The molecule has 3 heteroatoms. The Balaban J connectivity index is 3.25. The smallest absolute Gasteiger partial charge is 0.0695 e. The maximum absolute atomic E-state index is 8.94. The maximum Gasteiger partial charge on any atom is 0.0695 e. The van der Waals surface area contributed by atoms with Crippen LogP contribution in [0.2, 0.25) is 0 Å². The third kappa shape index (κ3) is 2.04. The molecular weight excluding hydrogens is 272 g/mol. The fourth-order valence-corrected chi connectivity index (χ4v) is 2.50. The van der Waals surface area contributed by atoms with Gasteiger partial charge >= 0.3 is 0 Å². The van der Waals surface area contributed by atoms with Gasteiger partial charge in [-0.05, 0) is 30.2 Å². The molecule has 0 aliphatic carbocycles. The van der Waals surface area contributed by atoms with Gasteiger partial charge in [-0.15, -0.1) is 0 Å². The Kier molecular flexibility index (Phi) is 3.10. The minimum Gasteiger partial charge on any atom is -0.392 e. The van der Waals surface area contributed by atoms with Crippen LogP contribution in [0.5, 0.6) is 0 Å². The van der Waals surface area contributed by atoms with Gasteiger partial charge in [0.05, 0.1) is 6.61 Å². The topological polar surface area (TPSA) is 20.2 Å². The SMILES string of the molecule is Cc1cc(Br)cc(Br)c1CO. The van der Waals surface area contributed by atoms with Crippen molar-refractivity contribution in [3.63, 3.8) is 0 Å². The van der Waals surface area contributed by atoms with Crippen LogP contribution in [-0.2, 0) is 6.61 Å². The summed E-state index contributed by atoms with van der Waals surface area (Å²) in [6, 6.07) is 3.91. The average Bonchev–Trinajstić information content (AvgIpc) is 1.85. The second-order valence-electron chi connectivity index (χ2n) is 2.34. The lowest BCUT2D eigenvalue weighted by Crippen LogP contribution is -1.89. The summed E-state index contributed by atoms with van der Waals surface area (Å²) in [5, 5.41) is 8.94. The minimum absolute atomic E-state index is 0.0830. The van der Waals surface area contributed by atoms with E-state index in [0.717, 1.165) is 20.1 Å². The van der Waals surface area contributed by atoms with Crippen molar-refractivity contribution in [1.29, 1.82) is 0 Å². The van der Waals surface area contributed by atoms with Gasteiger partial charge in [-0.3, -0.25) is 0 Å². The van der Waals surface area contributed by atoms with E-state index in [1.165, 1.54) is 0 Å². The van der Waals surface area contributed by atoms with Crippen molar-refractivity contribution in [1.82, 2.24) is 0 Å². The quantitative estimate of drug-likeness (QED) is 0.838. The molecule has 0 fully saturated rings. The molecule has 1 nitrogen and oxygen atoms in total. The molecule has 1 aromatic carbocycles. The Labute approximate surface area is 82.7 Å². The second kappa shape index (κ2) is 3.70. The van der Waals surface area contributed by atoms with E-state index in [1.807, 2.05) is 19.1 Å². The number of aliphatic hydroxyl groups is 1. The van der Waals surface area contributed by atoms with E-state index in [1.54, 1.807) is 0 Å². The fraction of sp³-hybridized carbons (Fsp3) is 0.250. The van der Waals surface area contributed by atoms with Crippen LogP contribution in [0.4, 0.5) is 0 Å². The van der Waals surface area contributed by atoms with E-state index < -0.39 is 0 Å². The molecule has 1 rings (SSSR count). The molecular formula is C8H8Br2O. The van der Waals surface area contributed by atoms with Crippen LogP contribution in [0, 0.1) is 6.92 Å². The normalized spacial score (nSPS) is 10.2. The van der Waals surface area contributed by atoms with Crippen molar-refractivity contribution in [3.05, 3.63) is 32.2 Å². The highest BCUT2D eigenvalue weighted by Gasteiger charge is 2.02. The molecule has 0 aromatic heterocycles. The van der Waals surface area contributed by atoms with E-state index in [2.05, 4.69) is 31.9 Å². The van der Waals surface area contributed by atoms with Gasteiger partial charge in [-0.2, -0.15) is 0 Å². The molecule has 0 unspecified atom stereocenters. The molecule has 60 valence electrons. The van der Waals surface area contributed by atoms with Gasteiger partial charge in [0.2, 0.25) is 0 Å². The number of hydrogen-bond acceptors (Lipinski definition) is 1. The molecule has 1 aromatic rings. The Bertz CT molecular complexity index is 248. The molecule has 0 spiro atoms. The van der Waals surface area contributed by atoms with Crippen molar-refractivity contribution < 1.29 is 5.11 Å². The predicted molar refractivity (Wildman–Crippen MR) is 52.5 cm³/mol. The molecule has 11 heavy (non-hydrogen) atoms. The van der Waals surface area contributed by atoms with Crippen LogP contribution >= 0.6 is 31.9 Å². The molecule has 1 N–H and O–H groups in total. The van der Waals surface area contributed by atoms with E-state index in [9.17, 15) is 0 Å². The Morgan fingerprint density at radius 3 is 2.45 bits per heavy atom. The van der Waals surface area contributed by atoms with E-state index in [4.69, 9.17) is 5.11 Å². The van der Waals surface area contributed by atoms with Crippen LogP contribution in [0.25, 0.3) is 0 Å². The predicted octanol–water partition coefficient (Wildman–Crippen LogP) is 3.01. The third-order valence-corrected chi connectivity index (χ3v) is 2.71. The highest BCUT2D eigenvalue weighted by Crippen LogP contribution is 2.25. The molecule has 0 saturated carbocycles. The van der Waals surface area contributed by atoms with E-state index in [-0.39, 0.29) is 6.61 Å². The average molecular weight is 280 g/mol. The molecule has 0 aliphatic rings. The molecule has 0 aliphatic heterocycles. The van der Waals surface area contributed by atoms with Crippen molar-refractivity contribution in [2.24, 2.45) is 0 Å². The summed E-state index contributed by atoms with van der Waals surface area (Å²) in [5.41, 5.74) is 2.04. The van der Waals surface area contributed by atoms with Crippen LogP contribution < -0.4 is 0 Å². The Morgan fingerprint density at radius 2 is 2.00 bits per heavy atom. The van der Waals surface area contributed by atoms with E-state index >= 15 is 0 Å². The largest absolute Gasteiger partial charge is 0.392 e. The first-order chi connectivity index (χ1) is 5.15. The van der Waals surface area contributed by atoms with Gasteiger partial charge in [0.25, 0.3) is 0 Å². The van der Waals surface area contributed by atoms with Crippen LogP contribution in [0.3, 0.4) is 0 Å². The summed E-state index contributed by atoms with van der Waals surface area (Å²) < 4.78 is 1.98. The maximum atomic E-state index is 8.94. The van der Waals surface area contributed by atoms with Gasteiger partial charge in [0.1, 0.15) is 0 Å². The lowest BCUT2D eigenvalue weighted by Gasteiger charge is -2.05. The number of halogens is 2. The van der Waals surface area contributed by atoms with Gasteiger partial charge in [0, 0.05) is 8.95 Å². The van der Waals surface area contributed by atoms with E-state index in [0.29, 0.717) is 0 Å². The molecule has 0 bridgehead atoms. The summed E-state index contributed by atoms with van der Waals surface area (Å²) >= 11 is 6.73. The van der Waals surface area contributed by atoms with Crippen LogP contribution in [-0.4, -0.2) is 5.11 Å². The minimum atomic E-state index is 0.0830.